The van der Waals surface area contributed by atoms with Crippen LogP contribution in [0.25, 0.3) is 11.3 Å². The molecule has 2 aromatic rings. The van der Waals surface area contributed by atoms with Gasteiger partial charge in [0.05, 0.1) is 22.5 Å². The highest BCUT2D eigenvalue weighted by molar-refractivity contribution is 6.76. The van der Waals surface area contributed by atoms with E-state index in [2.05, 4.69) is 78.3 Å². The van der Waals surface area contributed by atoms with Crippen LogP contribution in [0.3, 0.4) is 0 Å². The van der Waals surface area contributed by atoms with Crippen molar-refractivity contribution in [3.63, 3.8) is 0 Å². The maximum atomic E-state index is 6.42. The Kier molecular flexibility index (Phi) is 7.35. The van der Waals surface area contributed by atoms with Crippen LogP contribution < -0.4 is 5.59 Å². The summed E-state index contributed by atoms with van der Waals surface area (Å²) < 4.78 is 21.0. The van der Waals surface area contributed by atoms with Crippen LogP contribution in [-0.2, 0) is 20.8 Å². The molecule has 0 radical (unpaired) electrons. The van der Waals surface area contributed by atoms with Crippen molar-refractivity contribution in [2.45, 2.75) is 105 Å². The summed E-state index contributed by atoms with van der Waals surface area (Å²) >= 11 is 0. The fourth-order valence-corrected chi connectivity index (χ4v) is 4.85. The normalized spacial score (nSPS) is 17.9. The van der Waals surface area contributed by atoms with E-state index >= 15 is 0 Å². The number of ether oxygens (including phenoxy) is 1. The second-order valence-electron chi connectivity index (χ2n) is 11.9. The van der Waals surface area contributed by atoms with Gasteiger partial charge in [0, 0.05) is 37.2 Å². The molecule has 8 heteroatoms. The lowest BCUT2D eigenvalue weighted by atomic mass is 9.78. The minimum atomic E-state index is -1.17. The largest absolute Gasteiger partial charge is 0.516 e. The molecule has 1 fully saturated rings. The van der Waals surface area contributed by atoms with Gasteiger partial charge in [-0.25, -0.2) is 4.68 Å². The first-order valence-electron chi connectivity index (χ1n) is 12.1. The van der Waals surface area contributed by atoms with Gasteiger partial charge in [-0.3, -0.25) is 4.98 Å². The molecule has 0 amide bonds. The van der Waals surface area contributed by atoms with Gasteiger partial charge in [0.2, 0.25) is 0 Å². The molecule has 0 atom stereocenters. The Morgan fingerprint density at radius 1 is 1.03 bits per heavy atom. The lowest BCUT2D eigenvalue weighted by molar-refractivity contribution is 0.00578. The van der Waals surface area contributed by atoms with Gasteiger partial charge < -0.3 is 14.0 Å². The third kappa shape index (κ3) is 5.78. The van der Waals surface area contributed by atoms with E-state index in [1.807, 2.05) is 18.5 Å². The number of rotatable bonds is 8. The van der Waals surface area contributed by atoms with Crippen molar-refractivity contribution >= 4 is 20.8 Å². The zero-order valence-electron chi connectivity index (χ0n) is 22.5. The van der Waals surface area contributed by atoms with Crippen LogP contribution in [0.1, 0.15) is 64.4 Å². The number of aromatic nitrogens is 3. The summed E-state index contributed by atoms with van der Waals surface area (Å²) in [4.78, 5) is 4.58. The first-order chi connectivity index (χ1) is 15.1. The molecule has 0 aliphatic carbocycles. The highest BCUT2D eigenvalue weighted by Gasteiger charge is 2.53. The second kappa shape index (κ2) is 9.29. The first-order valence-corrected chi connectivity index (χ1v) is 15.8. The molecule has 0 saturated carbocycles. The van der Waals surface area contributed by atoms with E-state index in [0.717, 1.165) is 46.5 Å². The number of hydrogen-bond acceptors (Lipinski definition) is 5. The molecule has 1 saturated heterocycles. The predicted molar refractivity (Wildman–Crippen MR) is 139 cm³/mol. The molecule has 0 spiro atoms. The number of aryl methyl sites for hydroxylation is 2. The lowest BCUT2D eigenvalue weighted by Crippen LogP contribution is -2.41. The molecule has 2 aromatic heterocycles. The van der Waals surface area contributed by atoms with E-state index in [1.165, 1.54) is 0 Å². The van der Waals surface area contributed by atoms with Crippen molar-refractivity contribution in [2.75, 3.05) is 6.61 Å². The monoisotopic (exact) mass is 471 g/mol. The summed E-state index contributed by atoms with van der Waals surface area (Å²) in [5.74, 6) is 0.235. The fourth-order valence-electron chi connectivity index (χ4n) is 4.09. The summed E-state index contributed by atoms with van der Waals surface area (Å²) in [7, 11) is -1.68. The molecular formula is C25H42BN3O3Si. The Labute approximate surface area is 201 Å². The maximum Gasteiger partial charge on any atom is 0.516 e. The lowest BCUT2D eigenvalue weighted by Gasteiger charge is -2.32. The summed E-state index contributed by atoms with van der Waals surface area (Å²) in [6.07, 6.45) is 0. The van der Waals surface area contributed by atoms with Crippen LogP contribution in [-0.4, -0.2) is 47.8 Å². The third-order valence-electron chi connectivity index (χ3n) is 6.64. The van der Waals surface area contributed by atoms with Gasteiger partial charge >= 0.3 is 7.12 Å². The molecule has 0 aromatic carbocycles. The zero-order valence-corrected chi connectivity index (χ0v) is 23.5. The Balaban J connectivity index is 2.08. The Morgan fingerprint density at radius 3 is 2.06 bits per heavy atom. The van der Waals surface area contributed by atoms with E-state index in [9.17, 15) is 0 Å². The standard InChI is InChI=1S/C25H42BN3O3Si/c1-17(2)21-22(20-14-18(3)27-19(4)15-20)29(16-30-12-13-33(9,10)11)28-23(21)26-31-24(5,6)25(7,8)32-26/h14-15,17H,12-13,16H2,1-11H3. The van der Waals surface area contributed by atoms with E-state index in [4.69, 9.17) is 19.1 Å². The third-order valence-corrected chi connectivity index (χ3v) is 8.34. The second-order valence-corrected chi connectivity index (χ2v) is 17.5. The van der Waals surface area contributed by atoms with Gasteiger partial charge in [-0.05, 0) is 65.6 Å². The van der Waals surface area contributed by atoms with Crippen LogP contribution in [0.5, 0.6) is 0 Å². The van der Waals surface area contributed by atoms with E-state index < -0.39 is 26.4 Å². The summed E-state index contributed by atoms with van der Waals surface area (Å²) in [6, 6.07) is 5.38. The maximum absolute atomic E-state index is 6.42. The number of hydrogen-bond donors (Lipinski definition) is 0. The average molecular weight is 472 g/mol. The quantitative estimate of drug-likeness (QED) is 0.386. The molecule has 6 nitrogen and oxygen atoms in total. The highest BCUT2D eigenvalue weighted by atomic mass is 28.3. The zero-order chi connectivity index (χ0) is 24.8. The Hall–Kier alpha value is -1.48. The summed E-state index contributed by atoms with van der Waals surface area (Å²) in [6.45, 7) is 25.0. The molecule has 182 valence electrons. The van der Waals surface area contributed by atoms with Gasteiger partial charge in [-0.15, -0.1) is 0 Å². The van der Waals surface area contributed by atoms with Gasteiger partial charge in [0.1, 0.15) is 6.73 Å². The van der Waals surface area contributed by atoms with E-state index in [0.29, 0.717) is 6.73 Å². The van der Waals surface area contributed by atoms with Gasteiger partial charge in [0.15, 0.2) is 0 Å². The van der Waals surface area contributed by atoms with Crippen molar-refractivity contribution in [2.24, 2.45) is 0 Å². The van der Waals surface area contributed by atoms with Crippen molar-refractivity contribution in [1.29, 1.82) is 0 Å². The fraction of sp³-hybridized carbons (Fsp3) is 0.680. The minimum absolute atomic E-state index is 0.235. The average Bonchev–Trinajstić information content (AvgIpc) is 3.12. The minimum Gasteiger partial charge on any atom is -0.398 e. The smallest absolute Gasteiger partial charge is 0.398 e. The van der Waals surface area contributed by atoms with Gasteiger partial charge in [0.25, 0.3) is 0 Å². The summed E-state index contributed by atoms with van der Waals surface area (Å²) in [5.41, 5.74) is 5.30. The number of nitrogens with zero attached hydrogens (tertiary/aromatic N) is 3. The Morgan fingerprint density at radius 2 is 1.58 bits per heavy atom. The van der Waals surface area contributed by atoms with Crippen molar-refractivity contribution in [1.82, 2.24) is 14.8 Å². The molecule has 1 aliphatic heterocycles. The van der Waals surface area contributed by atoms with Crippen LogP contribution in [0.15, 0.2) is 12.1 Å². The molecule has 33 heavy (non-hydrogen) atoms. The topological polar surface area (TPSA) is 58.4 Å². The highest BCUT2D eigenvalue weighted by Crippen LogP contribution is 2.38. The molecular weight excluding hydrogens is 429 g/mol. The van der Waals surface area contributed by atoms with Crippen molar-refractivity contribution in [3.8, 4) is 11.3 Å². The predicted octanol–water partition coefficient (Wildman–Crippen LogP) is 5.30. The van der Waals surface area contributed by atoms with Gasteiger partial charge in [-0.2, -0.15) is 5.10 Å². The van der Waals surface area contributed by atoms with Crippen LogP contribution in [0.4, 0.5) is 0 Å². The van der Waals surface area contributed by atoms with Crippen LogP contribution in [0.2, 0.25) is 25.7 Å². The molecule has 1 aliphatic rings. The van der Waals surface area contributed by atoms with Crippen molar-refractivity contribution in [3.05, 3.63) is 29.1 Å². The molecule has 3 heterocycles. The van der Waals surface area contributed by atoms with E-state index in [-0.39, 0.29) is 5.92 Å². The first kappa shape index (κ1) is 26.1. The van der Waals surface area contributed by atoms with E-state index in [1.54, 1.807) is 0 Å². The van der Waals surface area contributed by atoms with Crippen LogP contribution >= 0.6 is 0 Å². The molecule has 0 N–H and O–H groups in total. The molecule has 0 bridgehead atoms. The summed E-state index contributed by atoms with van der Waals surface area (Å²) in [5, 5.41) is 5.05. The van der Waals surface area contributed by atoms with Crippen LogP contribution in [0, 0.1) is 13.8 Å². The van der Waals surface area contributed by atoms with Crippen molar-refractivity contribution < 1.29 is 14.0 Å². The molecule has 0 unspecified atom stereocenters. The number of pyridine rings is 1. The SMILES string of the molecule is Cc1cc(-c2c(C(C)C)c(B3OC(C)(C)C(C)(C)O3)nn2COCC[Si](C)(C)C)cc(C)n1. The Bertz CT molecular complexity index is 959. The molecule has 3 rings (SSSR count). The van der Waals surface area contributed by atoms with Gasteiger partial charge in [-0.1, -0.05) is 33.5 Å².